The predicted molar refractivity (Wildman–Crippen MR) is 116 cm³/mol. The number of para-hydroxylation sites is 1. The second-order valence-electron chi connectivity index (χ2n) is 7.14. The van der Waals surface area contributed by atoms with Gasteiger partial charge in [-0.25, -0.2) is 0 Å². The van der Waals surface area contributed by atoms with Crippen molar-refractivity contribution in [1.82, 2.24) is 10.3 Å². The lowest BCUT2D eigenvalue weighted by Gasteiger charge is -2.19. The number of ether oxygens (including phenoxy) is 2. The molecule has 1 amide bonds. The van der Waals surface area contributed by atoms with Crippen molar-refractivity contribution in [2.24, 2.45) is 0 Å². The fraction of sp³-hybridized carbons (Fsp3) is 0.125. The van der Waals surface area contributed by atoms with Crippen molar-refractivity contribution in [3.63, 3.8) is 0 Å². The first-order chi connectivity index (χ1) is 14.7. The molecule has 150 valence electrons. The molecule has 5 nitrogen and oxygen atoms in total. The molecule has 0 radical (unpaired) electrons. The number of halogens is 1. The van der Waals surface area contributed by atoms with Gasteiger partial charge >= 0.3 is 0 Å². The molecule has 0 spiro atoms. The Balaban J connectivity index is 1.45. The number of amides is 1. The zero-order valence-electron chi connectivity index (χ0n) is 16.0. The number of carbonyl (C=O) groups is 1. The number of benzene rings is 3. The maximum absolute atomic E-state index is 12.9. The molecule has 1 unspecified atom stereocenters. The fourth-order valence-electron chi connectivity index (χ4n) is 3.86. The molecule has 0 bridgehead atoms. The summed E-state index contributed by atoms with van der Waals surface area (Å²) in [4.78, 5) is 16.2. The number of hydrogen-bond acceptors (Lipinski definition) is 3. The molecule has 0 saturated carbocycles. The van der Waals surface area contributed by atoms with E-state index in [1.54, 1.807) is 18.2 Å². The number of fused-ring (bicyclic) bond motifs is 2. The first-order valence-corrected chi connectivity index (χ1v) is 10.1. The molecule has 6 heteroatoms. The van der Waals surface area contributed by atoms with Crippen molar-refractivity contribution in [1.29, 1.82) is 0 Å². The van der Waals surface area contributed by atoms with Crippen LogP contribution in [0.4, 0.5) is 0 Å². The van der Waals surface area contributed by atoms with Crippen LogP contribution in [0.3, 0.4) is 0 Å². The number of rotatable bonds is 5. The van der Waals surface area contributed by atoms with Gasteiger partial charge in [0.25, 0.3) is 5.91 Å². The topological polar surface area (TPSA) is 63.4 Å². The molecule has 1 aromatic heterocycles. The first-order valence-electron chi connectivity index (χ1n) is 9.69. The molecule has 1 atom stereocenters. The Morgan fingerprint density at radius 3 is 2.70 bits per heavy atom. The number of aromatic nitrogens is 1. The molecular formula is C24H19ClN2O3. The van der Waals surface area contributed by atoms with Crippen LogP contribution in [0, 0.1) is 0 Å². The van der Waals surface area contributed by atoms with Gasteiger partial charge in [0.15, 0.2) is 11.5 Å². The Kier molecular flexibility index (Phi) is 4.81. The summed E-state index contributed by atoms with van der Waals surface area (Å²) in [7, 11) is 0. The maximum atomic E-state index is 12.9. The highest BCUT2D eigenvalue weighted by Crippen LogP contribution is 2.35. The monoisotopic (exact) mass is 418 g/mol. The van der Waals surface area contributed by atoms with Crippen molar-refractivity contribution in [2.45, 2.75) is 5.92 Å². The van der Waals surface area contributed by atoms with Crippen molar-refractivity contribution in [2.75, 3.05) is 13.3 Å². The van der Waals surface area contributed by atoms with E-state index < -0.39 is 0 Å². The molecule has 3 aromatic carbocycles. The zero-order chi connectivity index (χ0) is 20.5. The third-order valence-electron chi connectivity index (χ3n) is 5.38. The fourth-order valence-corrected chi connectivity index (χ4v) is 4.13. The van der Waals surface area contributed by atoms with E-state index in [0.717, 1.165) is 22.0 Å². The Hall–Kier alpha value is -3.44. The van der Waals surface area contributed by atoms with Gasteiger partial charge in [-0.05, 0) is 41.5 Å². The maximum Gasteiger partial charge on any atom is 0.251 e. The minimum absolute atomic E-state index is 0.104. The summed E-state index contributed by atoms with van der Waals surface area (Å²) < 4.78 is 10.7. The minimum atomic E-state index is -0.176. The molecule has 4 aromatic rings. The van der Waals surface area contributed by atoms with Crippen LogP contribution in [-0.2, 0) is 0 Å². The summed E-state index contributed by atoms with van der Waals surface area (Å²) in [5.74, 6) is 0.958. The van der Waals surface area contributed by atoms with Crippen LogP contribution in [0.1, 0.15) is 27.4 Å². The van der Waals surface area contributed by atoms with E-state index in [0.29, 0.717) is 28.6 Å². The predicted octanol–water partition coefficient (Wildman–Crippen LogP) is 5.11. The standard InChI is InChI=1S/C24H19ClN2O3/c25-20-7-3-1-5-16(20)18(19-12-26-21-8-4-2-6-17(19)21)13-27-24(28)15-9-10-22-23(11-15)30-14-29-22/h1-12,18,26H,13-14H2,(H,27,28). The molecule has 2 heterocycles. The van der Waals surface area contributed by atoms with E-state index in [2.05, 4.69) is 16.4 Å². The first kappa shape index (κ1) is 18.6. The molecule has 0 aliphatic carbocycles. The van der Waals surface area contributed by atoms with E-state index in [-0.39, 0.29) is 18.6 Å². The number of H-pyrrole nitrogens is 1. The van der Waals surface area contributed by atoms with Crippen LogP contribution < -0.4 is 14.8 Å². The highest BCUT2D eigenvalue weighted by atomic mass is 35.5. The Morgan fingerprint density at radius 2 is 1.80 bits per heavy atom. The molecule has 1 aliphatic heterocycles. The lowest BCUT2D eigenvalue weighted by Crippen LogP contribution is -2.29. The van der Waals surface area contributed by atoms with Gasteiger partial charge < -0.3 is 19.8 Å². The molecule has 2 N–H and O–H groups in total. The molecule has 0 fully saturated rings. The van der Waals surface area contributed by atoms with Gasteiger partial charge in [-0.3, -0.25) is 4.79 Å². The average molecular weight is 419 g/mol. The zero-order valence-corrected chi connectivity index (χ0v) is 16.8. The summed E-state index contributed by atoms with van der Waals surface area (Å²) in [6.07, 6.45) is 1.99. The van der Waals surface area contributed by atoms with Gasteiger partial charge in [0.1, 0.15) is 0 Å². The van der Waals surface area contributed by atoms with Gasteiger partial charge in [-0.15, -0.1) is 0 Å². The van der Waals surface area contributed by atoms with Crippen LogP contribution in [0.25, 0.3) is 10.9 Å². The SMILES string of the molecule is O=C(NCC(c1ccccc1Cl)c1c[nH]c2ccccc12)c1ccc2c(c1)OCO2. The summed E-state index contributed by atoms with van der Waals surface area (Å²) in [6, 6.07) is 21.0. The Labute approximate surface area is 178 Å². The lowest BCUT2D eigenvalue weighted by atomic mass is 9.90. The second-order valence-corrected chi connectivity index (χ2v) is 7.55. The van der Waals surface area contributed by atoms with Crippen molar-refractivity contribution in [3.8, 4) is 11.5 Å². The Bertz CT molecular complexity index is 1230. The van der Waals surface area contributed by atoms with Gasteiger partial charge in [-0.1, -0.05) is 48.0 Å². The van der Waals surface area contributed by atoms with Gasteiger partial charge in [0, 0.05) is 40.1 Å². The summed E-state index contributed by atoms with van der Waals surface area (Å²) in [5.41, 5.74) is 3.63. The minimum Gasteiger partial charge on any atom is -0.454 e. The van der Waals surface area contributed by atoms with Crippen LogP contribution in [0.15, 0.2) is 72.9 Å². The number of aromatic amines is 1. The van der Waals surface area contributed by atoms with Gasteiger partial charge in [-0.2, -0.15) is 0 Å². The van der Waals surface area contributed by atoms with Crippen molar-refractivity contribution >= 4 is 28.4 Å². The molecule has 0 saturated heterocycles. The summed E-state index contributed by atoms with van der Waals surface area (Å²) in [5, 5.41) is 4.84. The number of hydrogen-bond donors (Lipinski definition) is 2. The van der Waals surface area contributed by atoms with E-state index >= 15 is 0 Å². The summed E-state index contributed by atoms with van der Waals surface area (Å²) in [6.45, 7) is 0.578. The largest absolute Gasteiger partial charge is 0.454 e. The molecule has 5 rings (SSSR count). The summed E-state index contributed by atoms with van der Waals surface area (Å²) >= 11 is 6.53. The highest BCUT2D eigenvalue weighted by Gasteiger charge is 2.22. The normalized spacial score (nSPS) is 13.4. The smallest absolute Gasteiger partial charge is 0.251 e. The highest BCUT2D eigenvalue weighted by molar-refractivity contribution is 6.31. The van der Waals surface area contributed by atoms with Crippen LogP contribution in [0.5, 0.6) is 11.5 Å². The second kappa shape index (κ2) is 7.76. The molecule has 1 aliphatic rings. The van der Waals surface area contributed by atoms with Crippen LogP contribution >= 0.6 is 11.6 Å². The Morgan fingerprint density at radius 1 is 1.00 bits per heavy atom. The van der Waals surface area contributed by atoms with Crippen LogP contribution in [0.2, 0.25) is 5.02 Å². The van der Waals surface area contributed by atoms with E-state index in [1.165, 1.54) is 0 Å². The average Bonchev–Trinajstić information content (AvgIpc) is 3.41. The third-order valence-corrected chi connectivity index (χ3v) is 5.72. The van der Waals surface area contributed by atoms with E-state index in [4.69, 9.17) is 21.1 Å². The van der Waals surface area contributed by atoms with Crippen molar-refractivity contribution in [3.05, 3.63) is 94.6 Å². The van der Waals surface area contributed by atoms with Crippen molar-refractivity contribution < 1.29 is 14.3 Å². The quantitative estimate of drug-likeness (QED) is 0.473. The van der Waals surface area contributed by atoms with Gasteiger partial charge in [0.2, 0.25) is 6.79 Å². The number of carbonyl (C=O) groups excluding carboxylic acids is 1. The third kappa shape index (κ3) is 3.37. The molecular weight excluding hydrogens is 400 g/mol. The lowest BCUT2D eigenvalue weighted by molar-refractivity contribution is 0.0952. The number of nitrogens with one attached hydrogen (secondary N) is 2. The van der Waals surface area contributed by atoms with E-state index in [1.807, 2.05) is 48.7 Å². The van der Waals surface area contributed by atoms with Gasteiger partial charge in [0.05, 0.1) is 0 Å². The van der Waals surface area contributed by atoms with E-state index in [9.17, 15) is 4.79 Å². The molecule has 30 heavy (non-hydrogen) atoms. The van der Waals surface area contributed by atoms with Crippen LogP contribution in [-0.4, -0.2) is 24.2 Å².